The third-order valence-electron chi connectivity index (χ3n) is 6.18. The van der Waals surface area contributed by atoms with Gasteiger partial charge in [-0.15, -0.1) is 0 Å². The van der Waals surface area contributed by atoms with Crippen molar-refractivity contribution in [1.29, 1.82) is 0 Å². The van der Waals surface area contributed by atoms with Crippen LogP contribution in [-0.4, -0.2) is 0 Å². The van der Waals surface area contributed by atoms with Gasteiger partial charge < -0.3 is 0 Å². The lowest BCUT2D eigenvalue weighted by Gasteiger charge is -2.07. The molecule has 0 saturated carbocycles. The lowest BCUT2D eigenvalue weighted by molar-refractivity contribution is 0.529. The molecule has 0 nitrogen and oxygen atoms in total. The van der Waals surface area contributed by atoms with Crippen molar-refractivity contribution >= 4 is 10.8 Å². The van der Waals surface area contributed by atoms with E-state index in [9.17, 15) is 0 Å². The Morgan fingerprint density at radius 1 is 0.464 bits per heavy atom. The van der Waals surface area contributed by atoms with E-state index in [1.165, 1.54) is 125 Å². The summed E-state index contributed by atoms with van der Waals surface area (Å²) in [5.41, 5.74) is 1.53. The number of benzene rings is 2. The van der Waals surface area contributed by atoms with Crippen LogP contribution >= 0.6 is 0 Å². The highest BCUT2D eigenvalue weighted by molar-refractivity contribution is 5.85. The Balaban J connectivity index is 1.37. The van der Waals surface area contributed by atoms with Gasteiger partial charge >= 0.3 is 0 Å². The Kier molecular flexibility index (Phi) is 12.8. The first-order valence-electron chi connectivity index (χ1n) is 12.4. The van der Waals surface area contributed by atoms with E-state index in [0.29, 0.717) is 0 Å². The Morgan fingerprint density at radius 3 is 1.50 bits per heavy atom. The van der Waals surface area contributed by atoms with Gasteiger partial charge in [0.2, 0.25) is 0 Å². The zero-order valence-electron chi connectivity index (χ0n) is 18.6. The van der Waals surface area contributed by atoms with Crippen LogP contribution in [0.5, 0.6) is 0 Å². The Labute approximate surface area is 175 Å². The summed E-state index contributed by atoms with van der Waals surface area (Å²) in [4.78, 5) is 0. The topological polar surface area (TPSA) is 0 Å². The first-order valence-corrected chi connectivity index (χ1v) is 12.4. The molecule has 0 amide bonds. The van der Waals surface area contributed by atoms with Gasteiger partial charge in [0.05, 0.1) is 0 Å². The van der Waals surface area contributed by atoms with Crippen LogP contribution in [-0.2, 0) is 6.42 Å². The number of unbranched alkanes of at least 4 members (excludes halogenated alkanes) is 15. The summed E-state index contributed by atoms with van der Waals surface area (Å²) < 4.78 is 0. The third kappa shape index (κ3) is 9.76. The van der Waals surface area contributed by atoms with Crippen molar-refractivity contribution in [3.05, 3.63) is 48.0 Å². The van der Waals surface area contributed by atoms with Crippen LogP contribution in [0.15, 0.2) is 42.5 Å². The molecule has 2 aromatic carbocycles. The molecule has 2 aromatic rings. The number of fused-ring (bicyclic) bond motifs is 1. The maximum atomic E-state index is 2.31. The lowest BCUT2D eigenvalue weighted by atomic mass is 9.99. The molecule has 0 aliphatic heterocycles. The Hall–Kier alpha value is -1.30. The molecule has 2 rings (SSSR count). The first-order chi connectivity index (χ1) is 13.9. The van der Waals surface area contributed by atoms with Gasteiger partial charge in [0.1, 0.15) is 0 Å². The molecule has 0 atom stereocenters. The molecule has 0 bridgehead atoms. The van der Waals surface area contributed by atoms with Gasteiger partial charge in [0.15, 0.2) is 0 Å². The largest absolute Gasteiger partial charge is 0.0654 e. The van der Waals surface area contributed by atoms with Crippen LogP contribution in [0.4, 0.5) is 0 Å². The van der Waals surface area contributed by atoms with Crippen LogP contribution in [0.3, 0.4) is 0 Å². The number of rotatable bonds is 17. The Morgan fingerprint density at radius 2 is 0.929 bits per heavy atom. The van der Waals surface area contributed by atoms with Gasteiger partial charge in [-0.3, -0.25) is 0 Å². The summed E-state index contributed by atoms with van der Waals surface area (Å²) in [6, 6.07) is 15.6. The van der Waals surface area contributed by atoms with Gasteiger partial charge in [-0.25, -0.2) is 0 Å². The van der Waals surface area contributed by atoms with E-state index in [-0.39, 0.29) is 0 Å². The molecule has 0 spiro atoms. The van der Waals surface area contributed by atoms with Gasteiger partial charge in [0.25, 0.3) is 0 Å². The van der Waals surface area contributed by atoms with Crippen LogP contribution in [0.1, 0.15) is 115 Å². The smallest absolute Gasteiger partial charge is 0.0152 e. The summed E-state index contributed by atoms with van der Waals surface area (Å²) in [5.74, 6) is 0. The van der Waals surface area contributed by atoms with E-state index in [0.717, 1.165) is 0 Å². The van der Waals surface area contributed by atoms with Gasteiger partial charge in [0, 0.05) is 0 Å². The molecular weight excluding hydrogens is 336 g/mol. The maximum Gasteiger partial charge on any atom is -0.0152 e. The molecule has 0 aliphatic carbocycles. The van der Waals surface area contributed by atoms with Crippen LogP contribution < -0.4 is 0 Å². The first kappa shape index (κ1) is 23.0. The predicted molar refractivity (Wildman–Crippen MR) is 127 cm³/mol. The second kappa shape index (κ2) is 15.6. The quantitative estimate of drug-likeness (QED) is 0.240. The van der Waals surface area contributed by atoms with Crippen molar-refractivity contribution in [2.45, 2.75) is 116 Å². The zero-order chi connectivity index (χ0) is 19.7. The van der Waals surface area contributed by atoms with E-state index < -0.39 is 0 Å². The van der Waals surface area contributed by atoms with E-state index in [1.54, 1.807) is 0 Å². The normalized spacial score (nSPS) is 11.3. The number of hydrogen-bond acceptors (Lipinski definition) is 0. The fourth-order valence-electron chi connectivity index (χ4n) is 4.37. The molecule has 0 fully saturated rings. The van der Waals surface area contributed by atoms with E-state index in [4.69, 9.17) is 0 Å². The summed E-state index contributed by atoms with van der Waals surface area (Å²) in [7, 11) is 0. The fraction of sp³-hybridized carbons (Fsp3) is 0.643. The molecule has 0 unspecified atom stereocenters. The summed E-state index contributed by atoms with van der Waals surface area (Å²) >= 11 is 0. The van der Waals surface area contributed by atoms with Gasteiger partial charge in [-0.1, -0.05) is 146 Å². The second-order valence-electron chi connectivity index (χ2n) is 8.69. The van der Waals surface area contributed by atoms with Crippen molar-refractivity contribution in [2.24, 2.45) is 0 Å². The number of aryl methyl sites for hydroxylation is 1. The standard InChI is InChI=1S/C28H44/c1-2-3-4-5-6-7-8-9-10-11-12-13-14-15-16-17-21-26-23-20-24-27-22-18-19-25-28(26)27/h18-20,22-25H,2-17,21H2,1H3. The van der Waals surface area contributed by atoms with Crippen molar-refractivity contribution < 1.29 is 0 Å². The van der Waals surface area contributed by atoms with E-state index in [2.05, 4.69) is 49.4 Å². The van der Waals surface area contributed by atoms with Crippen molar-refractivity contribution in [3.63, 3.8) is 0 Å². The Bertz CT molecular complexity index is 607. The molecule has 0 aromatic heterocycles. The molecule has 0 saturated heterocycles. The van der Waals surface area contributed by atoms with Crippen molar-refractivity contribution in [2.75, 3.05) is 0 Å². The second-order valence-corrected chi connectivity index (χ2v) is 8.69. The van der Waals surface area contributed by atoms with E-state index >= 15 is 0 Å². The lowest BCUT2D eigenvalue weighted by Crippen LogP contribution is -1.88. The third-order valence-corrected chi connectivity index (χ3v) is 6.18. The van der Waals surface area contributed by atoms with Crippen LogP contribution in [0.25, 0.3) is 10.8 Å². The molecule has 0 heteroatoms. The average Bonchev–Trinajstić information content (AvgIpc) is 2.73. The summed E-state index contributed by atoms with van der Waals surface area (Å²) in [6.45, 7) is 2.30. The minimum absolute atomic E-state index is 1.24. The van der Waals surface area contributed by atoms with Gasteiger partial charge in [-0.05, 0) is 29.2 Å². The predicted octanol–water partition coefficient (Wildman–Crippen LogP) is 9.64. The van der Waals surface area contributed by atoms with Crippen molar-refractivity contribution in [3.8, 4) is 0 Å². The molecule has 28 heavy (non-hydrogen) atoms. The monoisotopic (exact) mass is 380 g/mol. The molecular formula is C28H44. The minimum Gasteiger partial charge on any atom is -0.0654 e. The highest BCUT2D eigenvalue weighted by Gasteiger charge is 2.00. The fourth-order valence-corrected chi connectivity index (χ4v) is 4.37. The zero-order valence-corrected chi connectivity index (χ0v) is 18.6. The SMILES string of the molecule is CCCCCCCCCCCCCCCCCCc1cccc2ccccc12. The molecule has 156 valence electrons. The van der Waals surface area contributed by atoms with E-state index in [1.807, 2.05) is 0 Å². The minimum atomic E-state index is 1.24. The van der Waals surface area contributed by atoms with Crippen molar-refractivity contribution in [1.82, 2.24) is 0 Å². The van der Waals surface area contributed by atoms with Gasteiger partial charge in [-0.2, -0.15) is 0 Å². The highest BCUT2D eigenvalue weighted by Crippen LogP contribution is 2.21. The summed E-state index contributed by atoms with van der Waals surface area (Å²) in [6.07, 6.45) is 24.3. The molecule has 0 radical (unpaired) electrons. The number of hydrogen-bond donors (Lipinski definition) is 0. The molecule has 0 aliphatic rings. The average molecular weight is 381 g/mol. The summed E-state index contributed by atoms with van der Waals surface area (Å²) in [5, 5.41) is 2.84. The van der Waals surface area contributed by atoms with Crippen LogP contribution in [0.2, 0.25) is 0 Å². The maximum absolute atomic E-state index is 2.31. The highest BCUT2D eigenvalue weighted by atomic mass is 14.1. The molecule has 0 heterocycles. The van der Waals surface area contributed by atoms with Crippen LogP contribution in [0, 0.1) is 0 Å². The molecule has 0 N–H and O–H groups in total.